The summed E-state index contributed by atoms with van der Waals surface area (Å²) >= 11 is 0. The number of aromatic nitrogens is 2. The number of cyclic esters (lactones) is 1. The molecule has 0 aromatic carbocycles. The summed E-state index contributed by atoms with van der Waals surface area (Å²) in [5.74, 6) is 1.92. The first-order chi connectivity index (χ1) is 12.3. The molecule has 0 spiro atoms. The maximum atomic E-state index is 11.1. The van der Waals surface area contributed by atoms with Crippen LogP contribution in [0, 0.1) is 5.92 Å². The van der Waals surface area contributed by atoms with E-state index >= 15 is 0 Å². The molecule has 132 valence electrons. The zero-order valence-electron chi connectivity index (χ0n) is 13.9. The Kier molecular flexibility index (Phi) is 4.51. The van der Waals surface area contributed by atoms with Gasteiger partial charge in [0.2, 0.25) is 0 Å². The fourth-order valence-corrected chi connectivity index (χ4v) is 3.05. The number of rotatable bonds is 4. The minimum atomic E-state index is -0.349. The van der Waals surface area contributed by atoms with Crippen LogP contribution in [0.5, 0.6) is 0 Å². The Labute approximate surface area is 145 Å². The molecule has 1 atom stereocenters. The van der Waals surface area contributed by atoms with Gasteiger partial charge in [0.15, 0.2) is 0 Å². The highest BCUT2D eigenvalue weighted by Crippen LogP contribution is 2.26. The number of pyridine rings is 2. The van der Waals surface area contributed by atoms with E-state index in [4.69, 9.17) is 14.5 Å². The summed E-state index contributed by atoms with van der Waals surface area (Å²) in [6.45, 7) is 4.77. The highest BCUT2D eigenvalue weighted by atomic mass is 16.6. The van der Waals surface area contributed by atoms with E-state index in [9.17, 15) is 4.79 Å². The molecule has 2 fully saturated rings. The van der Waals surface area contributed by atoms with Crippen molar-refractivity contribution in [3.05, 3.63) is 24.4 Å². The zero-order valence-corrected chi connectivity index (χ0v) is 13.9. The normalized spacial score (nSPS) is 20.9. The molecular weight excluding hydrogens is 322 g/mol. The van der Waals surface area contributed by atoms with Crippen molar-refractivity contribution in [2.75, 3.05) is 56.2 Å². The van der Waals surface area contributed by atoms with Crippen molar-refractivity contribution < 1.29 is 14.3 Å². The van der Waals surface area contributed by atoms with E-state index in [1.807, 2.05) is 18.2 Å². The molecule has 8 nitrogen and oxygen atoms in total. The van der Waals surface area contributed by atoms with Crippen LogP contribution >= 0.6 is 0 Å². The largest absolute Gasteiger partial charge is 0.449 e. The third-order valence-electron chi connectivity index (χ3n) is 4.46. The molecule has 25 heavy (non-hydrogen) atoms. The second kappa shape index (κ2) is 7.10. The number of nitrogens with zero attached hydrogens (tertiary/aromatic N) is 3. The predicted octanol–water partition coefficient (Wildman–Crippen LogP) is 1.23. The number of fused-ring (bicyclic) bond motifs is 1. The molecule has 4 heterocycles. The fourth-order valence-electron chi connectivity index (χ4n) is 3.05. The summed E-state index contributed by atoms with van der Waals surface area (Å²) in [6.07, 6.45) is 1.44. The van der Waals surface area contributed by atoms with Crippen LogP contribution in [-0.4, -0.2) is 62.1 Å². The molecule has 8 heteroatoms. The summed E-state index contributed by atoms with van der Waals surface area (Å²) in [7, 11) is 0. The van der Waals surface area contributed by atoms with Gasteiger partial charge in [-0.1, -0.05) is 0 Å². The number of alkyl carbamates (subject to hydrolysis) is 1. The first-order valence-corrected chi connectivity index (χ1v) is 8.52. The van der Waals surface area contributed by atoms with Crippen molar-refractivity contribution in [2.45, 2.75) is 0 Å². The molecule has 2 saturated heterocycles. The number of hydrogen-bond donors (Lipinski definition) is 2. The molecule has 4 rings (SSSR count). The van der Waals surface area contributed by atoms with Crippen molar-refractivity contribution in [3.8, 4) is 0 Å². The van der Waals surface area contributed by atoms with Gasteiger partial charge in [0.25, 0.3) is 0 Å². The summed E-state index contributed by atoms with van der Waals surface area (Å²) < 4.78 is 10.5. The van der Waals surface area contributed by atoms with Crippen LogP contribution in [0.3, 0.4) is 0 Å². The Morgan fingerprint density at radius 2 is 2.24 bits per heavy atom. The first kappa shape index (κ1) is 15.9. The molecule has 1 amide bonds. The number of ether oxygens (including phenoxy) is 2. The smallest absolute Gasteiger partial charge is 0.407 e. The lowest BCUT2D eigenvalue weighted by molar-refractivity contribution is 0.106. The zero-order chi connectivity index (χ0) is 17.1. The molecule has 2 aromatic heterocycles. The van der Waals surface area contributed by atoms with E-state index in [2.05, 4.69) is 20.5 Å². The molecule has 2 aliphatic heterocycles. The maximum absolute atomic E-state index is 11.1. The van der Waals surface area contributed by atoms with Crippen LogP contribution in [-0.2, 0) is 9.47 Å². The Morgan fingerprint density at radius 3 is 3.04 bits per heavy atom. The SMILES string of the molecule is O=C1NCC(CNc2nc(N3CCOCC3)cc3ncccc23)CO1. The minimum absolute atomic E-state index is 0.207. The maximum Gasteiger partial charge on any atom is 0.407 e. The second-order valence-corrected chi connectivity index (χ2v) is 6.22. The quantitative estimate of drug-likeness (QED) is 0.863. The van der Waals surface area contributed by atoms with E-state index in [1.165, 1.54) is 0 Å². The summed E-state index contributed by atoms with van der Waals surface area (Å²) in [5.41, 5.74) is 0.912. The van der Waals surface area contributed by atoms with Crippen molar-refractivity contribution >= 4 is 28.6 Å². The van der Waals surface area contributed by atoms with E-state index in [-0.39, 0.29) is 12.0 Å². The minimum Gasteiger partial charge on any atom is -0.449 e. The van der Waals surface area contributed by atoms with Crippen LogP contribution in [0.4, 0.5) is 16.4 Å². The molecule has 2 aromatic rings. The van der Waals surface area contributed by atoms with E-state index in [1.54, 1.807) is 6.20 Å². The van der Waals surface area contributed by atoms with Crippen LogP contribution < -0.4 is 15.5 Å². The molecule has 0 radical (unpaired) electrons. The number of hydrogen-bond acceptors (Lipinski definition) is 7. The first-order valence-electron chi connectivity index (χ1n) is 8.52. The Hall–Kier alpha value is -2.61. The number of carbonyl (C=O) groups is 1. The van der Waals surface area contributed by atoms with Gasteiger partial charge < -0.3 is 25.0 Å². The summed E-state index contributed by atoms with van der Waals surface area (Å²) in [6, 6.07) is 5.95. The molecule has 0 bridgehead atoms. The summed E-state index contributed by atoms with van der Waals surface area (Å²) in [4.78, 5) is 22.6. The van der Waals surface area contributed by atoms with Gasteiger partial charge in [-0.15, -0.1) is 0 Å². The van der Waals surface area contributed by atoms with Gasteiger partial charge in [0, 0.05) is 49.7 Å². The predicted molar refractivity (Wildman–Crippen MR) is 93.9 cm³/mol. The van der Waals surface area contributed by atoms with Crippen LogP contribution in [0.15, 0.2) is 24.4 Å². The Balaban J connectivity index is 1.56. The second-order valence-electron chi connectivity index (χ2n) is 6.22. The molecule has 0 saturated carbocycles. The van der Waals surface area contributed by atoms with Gasteiger partial charge in [-0.3, -0.25) is 4.98 Å². The standard InChI is InChI=1S/C17H21N5O3/c23-17-20-10-12(11-25-17)9-19-16-13-2-1-3-18-14(13)8-15(21-16)22-4-6-24-7-5-22/h1-3,8,12H,4-7,9-11H2,(H,19,21)(H,20,23). The van der Waals surface area contributed by atoms with Gasteiger partial charge in [0.1, 0.15) is 11.6 Å². The van der Waals surface area contributed by atoms with Crippen molar-refractivity contribution in [3.63, 3.8) is 0 Å². The third kappa shape index (κ3) is 3.58. The molecule has 0 aliphatic carbocycles. The lowest BCUT2D eigenvalue weighted by Gasteiger charge is -2.28. The highest BCUT2D eigenvalue weighted by Gasteiger charge is 2.20. The van der Waals surface area contributed by atoms with Crippen LogP contribution in [0.2, 0.25) is 0 Å². The molecule has 2 N–H and O–H groups in total. The molecular formula is C17H21N5O3. The van der Waals surface area contributed by atoms with Gasteiger partial charge in [0.05, 0.1) is 25.3 Å². The van der Waals surface area contributed by atoms with Gasteiger partial charge in [-0.2, -0.15) is 0 Å². The molecule has 2 aliphatic rings. The average Bonchev–Trinajstić information content (AvgIpc) is 2.68. The van der Waals surface area contributed by atoms with Crippen LogP contribution in [0.25, 0.3) is 10.9 Å². The molecule has 1 unspecified atom stereocenters. The lowest BCUT2D eigenvalue weighted by atomic mass is 10.1. The third-order valence-corrected chi connectivity index (χ3v) is 4.46. The highest BCUT2D eigenvalue weighted by molar-refractivity contribution is 5.91. The van der Waals surface area contributed by atoms with Crippen LogP contribution in [0.1, 0.15) is 0 Å². The van der Waals surface area contributed by atoms with Crippen molar-refractivity contribution in [1.82, 2.24) is 15.3 Å². The van der Waals surface area contributed by atoms with Gasteiger partial charge in [-0.05, 0) is 12.1 Å². The Morgan fingerprint density at radius 1 is 1.36 bits per heavy atom. The van der Waals surface area contributed by atoms with Crippen molar-refractivity contribution in [2.24, 2.45) is 5.92 Å². The van der Waals surface area contributed by atoms with E-state index in [0.717, 1.165) is 35.6 Å². The van der Waals surface area contributed by atoms with Gasteiger partial charge in [-0.25, -0.2) is 9.78 Å². The van der Waals surface area contributed by atoms with Gasteiger partial charge >= 0.3 is 6.09 Å². The topological polar surface area (TPSA) is 88.6 Å². The number of morpholine rings is 1. The van der Waals surface area contributed by atoms with Crippen molar-refractivity contribution in [1.29, 1.82) is 0 Å². The van der Waals surface area contributed by atoms with E-state index < -0.39 is 0 Å². The fraction of sp³-hybridized carbons (Fsp3) is 0.471. The number of nitrogens with one attached hydrogen (secondary N) is 2. The average molecular weight is 343 g/mol. The number of amides is 1. The monoisotopic (exact) mass is 343 g/mol. The Bertz CT molecular complexity index is 753. The summed E-state index contributed by atoms with van der Waals surface area (Å²) in [5, 5.41) is 7.11. The lowest BCUT2D eigenvalue weighted by Crippen LogP contribution is -2.41. The van der Waals surface area contributed by atoms with E-state index in [0.29, 0.717) is 32.9 Å². The number of carbonyl (C=O) groups excluding carboxylic acids is 1. The number of anilines is 2.